The van der Waals surface area contributed by atoms with Crippen LogP contribution in [0.5, 0.6) is 0 Å². The number of aromatic nitrogens is 1. The molecule has 0 saturated heterocycles. The smallest absolute Gasteiger partial charge is 0.355 e. The third-order valence-electron chi connectivity index (χ3n) is 4.89. The van der Waals surface area contributed by atoms with Crippen LogP contribution in [0.25, 0.3) is 0 Å². The topological polar surface area (TPSA) is 79.3 Å². The third-order valence-corrected chi connectivity index (χ3v) is 5.74. The number of benzene rings is 1. The van der Waals surface area contributed by atoms with Crippen molar-refractivity contribution in [2.75, 3.05) is 0 Å². The summed E-state index contributed by atoms with van der Waals surface area (Å²) in [6.45, 7) is 4.78. The number of nitrogens with one attached hydrogen (secondary N) is 1. The van der Waals surface area contributed by atoms with Gasteiger partial charge in [0.1, 0.15) is 5.01 Å². The number of aromatic carboxylic acids is 1. The number of rotatable bonds is 5. The van der Waals surface area contributed by atoms with Crippen LogP contribution in [0, 0.1) is 0 Å². The fraction of sp³-hybridized carbons (Fsp3) is 0.421. The zero-order valence-corrected chi connectivity index (χ0v) is 15.2. The molecule has 132 valence electrons. The first-order valence-electron chi connectivity index (χ1n) is 8.40. The van der Waals surface area contributed by atoms with Crippen LogP contribution in [0.15, 0.2) is 29.6 Å². The zero-order valence-electron chi connectivity index (χ0n) is 14.4. The van der Waals surface area contributed by atoms with Gasteiger partial charge in [0.25, 0.3) is 0 Å². The van der Waals surface area contributed by atoms with Crippen LogP contribution in [0.3, 0.4) is 0 Å². The number of carbonyl (C=O) groups excluding carboxylic acids is 1. The second kappa shape index (κ2) is 6.96. The van der Waals surface area contributed by atoms with Crippen molar-refractivity contribution in [2.45, 2.75) is 51.0 Å². The molecule has 0 bridgehead atoms. The highest BCUT2D eigenvalue weighted by atomic mass is 32.1. The predicted molar refractivity (Wildman–Crippen MR) is 97.0 cm³/mol. The van der Waals surface area contributed by atoms with Gasteiger partial charge in [0.05, 0.1) is 6.54 Å². The minimum atomic E-state index is -1.05. The first-order chi connectivity index (χ1) is 11.9. The number of thiazole rings is 1. The lowest BCUT2D eigenvalue weighted by Crippen LogP contribution is -2.30. The molecular weight excluding hydrogens is 336 g/mol. The molecule has 1 aliphatic carbocycles. The normalized spacial score (nSPS) is 18.4. The van der Waals surface area contributed by atoms with Crippen molar-refractivity contribution in [2.24, 2.45) is 0 Å². The summed E-state index contributed by atoms with van der Waals surface area (Å²) in [5.41, 5.74) is 2.79. The first kappa shape index (κ1) is 17.6. The van der Waals surface area contributed by atoms with E-state index in [9.17, 15) is 9.59 Å². The number of amides is 1. The fourth-order valence-corrected chi connectivity index (χ4v) is 4.17. The second-order valence-corrected chi connectivity index (χ2v) is 8.06. The molecule has 0 aliphatic heterocycles. The molecule has 2 aromatic rings. The van der Waals surface area contributed by atoms with Crippen LogP contribution in [-0.2, 0) is 16.8 Å². The average molecular weight is 358 g/mol. The number of nitrogens with zero attached hydrogens (tertiary/aromatic N) is 1. The lowest BCUT2D eigenvalue weighted by Gasteiger charge is -2.37. The van der Waals surface area contributed by atoms with E-state index in [4.69, 9.17) is 5.11 Å². The molecular formula is C19H22N2O3S. The largest absolute Gasteiger partial charge is 0.476 e. The summed E-state index contributed by atoms with van der Waals surface area (Å²) >= 11 is 1.25. The van der Waals surface area contributed by atoms with Crippen LogP contribution in [0.4, 0.5) is 0 Å². The summed E-state index contributed by atoms with van der Waals surface area (Å²) in [4.78, 5) is 27.2. The Morgan fingerprint density at radius 1 is 1.36 bits per heavy atom. The monoisotopic (exact) mass is 358 g/mol. The van der Waals surface area contributed by atoms with E-state index in [0.29, 0.717) is 11.4 Å². The maximum absolute atomic E-state index is 12.3. The minimum absolute atomic E-state index is 0.0217. The molecule has 1 atom stereocenters. The molecule has 0 saturated carbocycles. The standard InChI is InChI=1S/C19H22N2O3S/c1-19(2)8-7-12(13-5-3-4-6-14(13)19)9-16(22)20-10-17-21-15(11-25-17)18(23)24/h3-6,11-12H,7-10H2,1-2H3,(H,20,22)(H,23,24)/t12-/m0/s1. The van der Waals surface area contributed by atoms with Crippen LogP contribution in [0.2, 0.25) is 0 Å². The highest BCUT2D eigenvalue weighted by Crippen LogP contribution is 2.43. The minimum Gasteiger partial charge on any atom is -0.476 e. The van der Waals surface area contributed by atoms with E-state index in [1.54, 1.807) is 0 Å². The maximum Gasteiger partial charge on any atom is 0.355 e. The molecule has 2 N–H and O–H groups in total. The van der Waals surface area contributed by atoms with Crippen molar-refractivity contribution < 1.29 is 14.7 Å². The fourth-order valence-electron chi connectivity index (χ4n) is 3.47. The van der Waals surface area contributed by atoms with Gasteiger partial charge in [0.2, 0.25) is 5.91 Å². The molecule has 6 heteroatoms. The Kier molecular flexibility index (Phi) is 4.90. The van der Waals surface area contributed by atoms with Gasteiger partial charge in [-0.1, -0.05) is 38.1 Å². The molecule has 1 aliphatic rings. The quantitative estimate of drug-likeness (QED) is 0.854. The van der Waals surface area contributed by atoms with Gasteiger partial charge in [-0.25, -0.2) is 9.78 Å². The van der Waals surface area contributed by atoms with Crippen LogP contribution in [0.1, 0.15) is 65.7 Å². The van der Waals surface area contributed by atoms with Gasteiger partial charge < -0.3 is 10.4 Å². The molecule has 0 fully saturated rings. The number of carbonyl (C=O) groups is 2. The average Bonchev–Trinajstić information content (AvgIpc) is 3.05. The molecule has 1 aromatic carbocycles. The van der Waals surface area contributed by atoms with Crippen LogP contribution < -0.4 is 5.32 Å². The lowest BCUT2D eigenvalue weighted by atomic mass is 9.68. The Morgan fingerprint density at radius 2 is 2.12 bits per heavy atom. The summed E-state index contributed by atoms with van der Waals surface area (Å²) < 4.78 is 0. The van der Waals surface area contributed by atoms with E-state index in [2.05, 4.69) is 42.3 Å². The molecule has 1 heterocycles. The zero-order chi connectivity index (χ0) is 18.0. The Bertz CT molecular complexity index is 797. The molecule has 0 radical (unpaired) electrons. The molecule has 0 spiro atoms. The van der Waals surface area contributed by atoms with Gasteiger partial charge in [-0.3, -0.25) is 4.79 Å². The van der Waals surface area contributed by atoms with Gasteiger partial charge in [0.15, 0.2) is 5.69 Å². The number of fused-ring (bicyclic) bond motifs is 1. The Hall–Kier alpha value is -2.21. The Balaban J connectivity index is 1.62. The number of hydrogen-bond acceptors (Lipinski definition) is 4. The number of hydrogen-bond donors (Lipinski definition) is 2. The van der Waals surface area contributed by atoms with E-state index in [1.165, 1.54) is 27.8 Å². The van der Waals surface area contributed by atoms with Crippen molar-refractivity contribution in [3.8, 4) is 0 Å². The molecule has 5 nitrogen and oxygen atoms in total. The first-order valence-corrected chi connectivity index (χ1v) is 9.28. The Labute approximate surface area is 151 Å². The summed E-state index contributed by atoms with van der Waals surface area (Å²) in [6.07, 6.45) is 2.51. The molecule has 25 heavy (non-hydrogen) atoms. The van der Waals surface area contributed by atoms with Gasteiger partial charge in [0, 0.05) is 11.8 Å². The van der Waals surface area contributed by atoms with Crippen molar-refractivity contribution in [3.05, 3.63) is 51.5 Å². The predicted octanol–water partition coefficient (Wildman–Crippen LogP) is 3.70. The van der Waals surface area contributed by atoms with Gasteiger partial charge in [-0.05, 0) is 35.3 Å². The molecule has 1 aromatic heterocycles. The summed E-state index contributed by atoms with van der Waals surface area (Å²) in [7, 11) is 0. The van der Waals surface area contributed by atoms with Gasteiger partial charge in [-0.15, -0.1) is 11.3 Å². The summed E-state index contributed by atoms with van der Waals surface area (Å²) in [5, 5.41) is 13.8. The van der Waals surface area contributed by atoms with Gasteiger partial charge >= 0.3 is 5.97 Å². The SMILES string of the molecule is CC1(C)CC[C@@H](CC(=O)NCc2nc(C(=O)O)cs2)c2ccccc21. The highest BCUT2D eigenvalue weighted by Gasteiger charge is 2.33. The van der Waals surface area contributed by atoms with E-state index in [0.717, 1.165) is 12.8 Å². The van der Waals surface area contributed by atoms with Crippen molar-refractivity contribution in [1.29, 1.82) is 0 Å². The lowest BCUT2D eigenvalue weighted by molar-refractivity contribution is -0.121. The van der Waals surface area contributed by atoms with Crippen molar-refractivity contribution in [3.63, 3.8) is 0 Å². The van der Waals surface area contributed by atoms with Crippen molar-refractivity contribution >= 4 is 23.2 Å². The van der Waals surface area contributed by atoms with E-state index in [1.807, 2.05) is 6.07 Å². The number of carboxylic acids is 1. The second-order valence-electron chi connectivity index (χ2n) is 7.12. The van der Waals surface area contributed by atoms with E-state index < -0.39 is 5.97 Å². The maximum atomic E-state index is 12.3. The van der Waals surface area contributed by atoms with E-state index in [-0.39, 0.29) is 29.5 Å². The third kappa shape index (κ3) is 3.90. The summed E-state index contributed by atoms with van der Waals surface area (Å²) in [6, 6.07) is 8.40. The van der Waals surface area contributed by atoms with E-state index >= 15 is 0 Å². The molecule has 3 rings (SSSR count). The van der Waals surface area contributed by atoms with Gasteiger partial charge in [-0.2, -0.15) is 0 Å². The summed E-state index contributed by atoms with van der Waals surface area (Å²) in [5.74, 6) is -0.836. The highest BCUT2D eigenvalue weighted by molar-refractivity contribution is 7.09. The Morgan fingerprint density at radius 3 is 2.84 bits per heavy atom. The number of carboxylic acid groups (broad SMARTS) is 1. The molecule has 0 unspecified atom stereocenters. The van der Waals surface area contributed by atoms with Crippen LogP contribution in [-0.4, -0.2) is 22.0 Å². The van der Waals surface area contributed by atoms with Crippen molar-refractivity contribution in [1.82, 2.24) is 10.3 Å². The van der Waals surface area contributed by atoms with Crippen LogP contribution >= 0.6 is 11.3 Å². The molecule has 1 amide bonds.